The lowest BCUT2D eigenvalue weighted by Gasteiger charge is -2.27. The molecule has 0 radical (unpaired) electrons. The average Bonchev–Trinajstić information content (AvgIpc) is 2.72. The third kappa shape index (κ3) is 2.70. The highest BCUT2D eigenvalue weighted by Crippen LogP contribution is 2.41. The molecule has 2 N–H and O–H groups in total. The molecule has 5 heteroatoms. The third-order valence-electron chi connectivity index (χ3n) is 3.92. The molecule has 1 atom stereocenters. The van der Waals surface area contributed by atoms with Crippen LogP contribution in [0.25, 0.3) is 0 Å². The number of thiophene rings is 1. The number of hydrogen-bond acceptors (Lipinski definition) is 4. The van der Waals surface area contributed by atoms with Gasteiger partial charge in [-0.2, -0.15) is 0 Å². The molecule has 0 aliphatic heterocycles. The minimum absolute atomic E-state index is 0.441. The molecule has 3 rings (SSSR count). The van der Waals surface area contributed by atoms with Gasteiger partial charge in [0.2, 0.25) is 4.90 Å². The number of aryl methyl sites for hydroxylation is 1. The number of fused-ring (bicyclic) bond motifs is 1. The van der Waals surface area contributed by atoms with E-state index in [4.69, 9.17) is 0 Å². The van der Waals surface area contributed by atoms with Crippen LogP contribution in [0.5, 0.6) is 0 Å². The van der Waals surface area contributed by atoms with Crippen molar-refractivity contribution in [2.45, 2.75) is 55.9 Å². The lowest BCUT2D eigenvalue weighted by molar-refractivity contribution is 0.383. The Hall–Kier alpha value is -0.490. The highest BCUT2D eigenvalue weighted by atomic mass is 32.2. The number of nitrogens with one attached hydrogen (secondary N) is 2. The predicted octanol–water partition coefficient (Wildman–Crippen LogP) is 3.35. The van der Waals surface area contributed by atoms with E-state index < -0.39 is 11.4 Å². The zero-order chi connectivity index (χ0) is 13.2. The molecule has 0 saturated heterocycles. The summed E-state index contributed by atoms with van der Waals surface area (Å²) in [5.74, 6) is 0. The van der Waals surface area contributed by atoms with Gasteiger partial charge in [0.15, 0.2) is 5.00 Å². The lowest BCUT2D eigenvalue weighted by Crippen LogP contribution is -2.39. The lowest BCUT2D eigenvalue weighted by atomic mass is 9.94. The van der Waals surface area contributed by atoms with Gasteiger partial charge in [-0.05, 0) is 44.7 Å². The summed E-state index contributed by atoms with van der Waals surface area (Å²) in [7, 11) is 0. The molecule has 0 aromatic carbocycles. The Balaban J connectivity index is 1.87. The average molecular weight is 296 g/mol. The maximum absolute atomic E-state index is 12.6. The van der Waals surface area contributed by atoms with Gasteiger partial charge in [-0.3, -0.25) is 0 Å². The van der Waals surface area contributed by atoms with Crippen LogP contribution < -0.4 is 10.0 Å². The van der Waals surface area contributed by atoms with Crippen molar-refractivity contribution in [2.24, 2.45) is 0 Å². The number of anilines is 1. The summed E-state index contributed by atoms with van der Waals surface area (Å²) in [5.41, 5.74) is 1.32. The molecule has 0 spiro atoms. The minimum Gasteiger partial charge on any atom is -0.593 e. The maximum Gasteiger partial charge on any atom is 0.211 e. The summed E-state index contributed by atoms with van der Waals surface area (Å²) in [4.78, 5) is 2.40. The van der Waals surface area contributed by atoms with Gasteiger partial charge in [0.05, 0.1) is 17.4 Å². The standard InChI is InChI=1S/C14H20N2OS2/c1-2-15-14-13(19(17)16-10-6-5-7-10)11-8-3-4-9-12(11)18-14/h2,10,15-16H,1,3-9H2. The quantitative estimate of drug-likeness (QED) is 0.819. The Labute approximate surface area is 121 Å². The van der Waals surface area contributed by atoms with Crippen molar-refractivity contribution < 1.29 is 4.55 Å². The molecular formula is C14H20N2OS2. The summed E-state index contributed by atoms with van der Waals surface area (Å²) in [5, 5.41) is 4.19. The first-order chi connectivity index (χ1) is 9.29. The van der Waals surface area contributed by atoms with E-state index in [1.165, 1.54) is 29.7 Å². The monoisotopic (exact) mass is 296 g/mol. The van der Waals surface area contributed by atoms with E-state index in [-0.39, 0.29) is 0 Å². The number of rotatable bonds is 5. The van der Waals surface area contributed by atoms with E-state index in [1.807, 2.05) is 0 Å². The zero-order valence-corrected chi connectivity index (χ0v) is 12.7. The first-order valence-electron chi connectivity index (χ1n) is 6.99. The van der Waals surface area contributed by atoms with Gasteiger partial charge in [-0.1, -0.05) is 13.0 Å². The van der Waals surface area contributed by atoms with Crippen molar-refractivity contribution in [3.05, 3.63) is 23.2 Å². The van der Waals surface area contributed by atoms with Crippen molar-refractivity contribution >= 4 is 27.7 Å². The van der Waals surface area contributed by atoms with Crippen LogP contribution in [0.2, 0.25) is 0 Å². The molecule has 3 nitrogen and oxygen atoms in total. The minimum atomic E-state index is -1.08. The first-order valence-corrected chi connectivity index (χ1v) is 8.96. The molecule has 1 aromatic rings. The van der Waals surface area contributed by atoms with Gasteiger partial charge in [0, 0.05) is 10.4 Å². The van der Waals surface area contributed by atoms with Crippen molar-refractivity contribution in [1.29, 1.82) is 0 Å². The molecule has 1 aromatic heterocycles. The van der Waals surface area contributed by atoms with Gasteiger partial charge in [-0.15, -0.1) is 16.1 Å². The highest BCUT2D eigenvalue weighted by Gasteiger charge is 2.32. The van der Waals surface area contributed by atoms with Crippen LogP contribution in [-0.2, 0) is 24.2 Å². The topological polar surface area (TPSA) is 47.1 Å². The molecule has 104 valence electrons. The third-order valence-corrected chi connectivity index (χ3v) is 6.64. The normalized spacial score (nSPS) is 20.5. The molecule has 2 aliphatic rings. The maximum atomic E-state index is 12.6. The molecule has 2 aliphatic carbocycles. The van der Waals surface area contributed by atoms with Crippen LogP contribution in [0.1, 0.15) is 42.5 Å². The van der Waals surface area contributed by atoms with Crippen molar-refractivity contribution in [3.8, 4) is 0 Å². The Morgan fingerprint density at radius 2 is 2.05 bits per heavy atom. The fourth-order valence-corrected chi connectivity index (χ4v) is 5.58. The Morgan fingerprint density at radius 3 is 2.74 bits per heavy atom. The van der Waals surface area contributed by atoms with Gasteiger partial charge >= 0.3 is 0 Å². The summed E-state index contributed by atoms with van der Waals surface area (Å²) < 4.78 is 15.9. The predicted molar refractivity (Wildman–Crippen MR) is 82.0 cm³/mol. The van der Waals surface area contributed by atoms with E-state index in [0.717, 1.165) is 35.6 Å². The molecular weight excluding hydrogens is 276 g/mol. The van der Waals surface area contributed by atoms with Crippen LogP contribution in [0, 0.1) is 0 Å². The van der Waals surface area contributed by atoms with Gasteiger partial charge < -0.3 is 9.87 Å². The largest absolute Gasteiger partial charge is 0.593 e. The van der Waals surface area contributed by atoms with E-state index >= 15 is 0 Å². The Bertz CT molecular complexity index is 468. The molecule has 1 fully saturated rings. The zero-order valence-electron chi connectivity index (χ0n) is 11.0. The van der Waals surface area contributed by atoms with Crippen molar-refractivity contribution in [3.63, 3.8) is 0 Å². The second kappa shape index (κ2) is 5.87. The SMILES string of the molecule is C=CNc1sc2c(c1[S+]([O-])NC1CCC1)CCCC2. The smallest absolute Gasteiger partial charge is 0.211 e. The van der Waals surface area contributed by atoms with Crippen molar-refractivity contribution in [2.75, 3.05) is 5.32 Å². The summed E-state index contributed by atoms with van der Waals surface area (Å²) in [6.45, 7) is 3.73. The molecule has 1 heterocycles. The molecule has 19 heavy (non-hydrogen) atoms. The van der Waals surface area contributed by atoms with Crippen LogP contribution in [0.3, 0.4) is 0 Å². The molecule has 1 saturated carbocycles. The van der Waals surface area contributed by atoms with E-state index in [2.05, 4.69) is 16.6 Å². The van der Waals surface area contributed by atoms with E-state index in [0.29, 0.717) is 6.04 Å². The van der Waals surface area contributed by atoms with Gasteiger partial charge in [0.25, 0.3) is 0 Å². The van der Waals surface area contributed by atoms with Gasteiger partial charge in [-0.25, -0.2) is 0 Å². The Morgan fingerprint density at radius 1 is 1.26 bits per heavy atom. The molecule has 0 amide bonds. The van der Waals surface area contributed by atoms with Gasteiger partial charge in [0.1, 0.15) is 0 Å². The van der Waals surface area contributed by atoms with E-state index in [9.17, 15) is 4.55 Å². The second-order valence-corrected chi connectivity index (χ2v) is 7.52. The molecule has 0 bridgehead atoms. The fraction of sp³-hybridized carbons (Fsp3) is 0.571. The summed E-state index contributed by atoms with van der Waals surface area (Å²) in [6.07, 6.45) is 9.92. The van der Waals surface area contributed by atoms with Crippen LogP contribution >= 0.6 is 11.3 Å². The van der Waals surface area contributed by atoms with Crippen LogP contribution in [0.4, 0.5) is 5.00 Å². The van der Waals surface area contributed by atoms with Crippen molar-refractivity contribution in [1.82, 2.24) is 4.72 Å². The highest BCUT2D eigenvalue weighted by molar-refractivity contribution is 7.90. The number of hydrogen-bond donors (Lipinski definition) is 2. The van der Waals surface area contributed by atoms with Crippen LogP contribution in [0.15, 0.2) is 17.7 Å². The Kier molecular flexibility index (Phi) is 4.17. The first kappa shape index (κ1) is 13.5. The molecule has 1 unspecified atom stereocenters. The summed E-state index contributed by atoms with van der Waals surface area (Å²) >= 11 is 0.669. The van der Waals surface area contributed by atoms with E-state index in [1.54, 1.807) is 17.5 Å². The summed E-state index contributed by atoms with van der Waals surface area (Å²) in [6, 6.07) is 0.441. The van der Waals surface area contributed by atoms with Crippen LogP contribution in [-0.4, -0.2) is 10.6 Å². The fourth-order valence-electron chi connectivity index (χ4n) is 2.66. The second-order valence-electron chi connectivity index (χ2n) is 5.23.